The van der Waals surface area contributed by atoms with E-state index in [2.05, 4.69) is 22.5 Å². The second-order valence-corrected chi connectivity index (χ2v) is 2.82. The number of fused-ring (bicyclic) bond motifs is 1. The van der Waals surface area contributed by atoms with E-state index in [1.54, 1.807) is 0 Å². The minimum atomic E-state index is 0.613. The first kappa shape index (κ1) is 6.10. The molecule has 2 heteroatoms. The lowest BCUT2D eigenvalue weighted by molar-refractivity contribution is 0.599. The molecule has 1 atom stereocenters. The van der Waals surface area contributed by atoms with Crippen molar-refractivity contribution in [3.63, 3.8) is 0 Å². The molecule has 2 heterocycles. The zero-order valence-corrected chi connectivity index (χ0v) is 6.01. The van der Waals surface area contributed by atoms with Crippen LogP contribution in [-0.2, 0) is 0 Å². The summed E-state index contributed by atoms with van der Waals surface area (Å²) in [5.41, 5.74) is 1.40. The summed E-state index contributed by atoms with van der Waals surface area (Å²) in [6.45, 7) is 3.12. The van der Waals surface area contributed by atoms with Crippen molar-refractivity contribution < 1.29 is 0 Å². The molecule has 54 valence electrons. The minimum absolute atomic E-state index is 0.613. The molecule has 1 unspecified atom stereocenters. The summed E-state index contributed by atoms with van der Waals surface area (Å²) in [6, 6.07) is 0. The molecule has 1 fully saturated rings. The van der Waals surface area contributed by atoms with E-state index in [1.165, 1.54) is 5.71 Å². The van der Waals surface area contributed by atoms with Crippen LogP contribution in [0, 0.1) is 5.92 Å². The molecule has 2 aliphatic heterocycles. The lowest BCUT2D eigenvalue weighted by Crippen LogP contribution is -2.37. The Morgan fingerprint density at radius 2 is 2.60 bits per heavy atom. The van der Waals surface area contributed by atoms with E-state index in [-0.39, 0.29) is 0 Å². The third-order valence-corrected chi connectivity index (χ3v) is 2.12. The van der Waals surface area contributed by atoms with Crippen LogP contribution >= 0.6 is 0 Å². The van der Waals surface area contributed by atoms with Gasteiger partial charge in [-0.1, -0.05) is 12.2 Å². The number of piperidine rings is 1. The van der Waals surface area contributed by atoms with Gasteiger partial charge in [0, 0.05) is 24.7 Å². The number of nitrogens with one attached hydrogen (secondary N) is 1. The lowest BCUT2D eigenvalue weighted by atomic mass is 9.95. The third kappa shape index (κ3) is 0.991. The van der Waals surface area contributed by atoms with E-state index in [0.717, 1.165) is 26.1 Å². The van der Waals surface area contributed by atoms with Gasteiger partial charge in [-0.05, 0) is 6.42 Å². The Morgan fingerprint density at radius 3 is 3.50 bits per heavy atom. The van der Waals surface area contributed by atoms with Crippen molar-refractivity contribution in [1.82, 2.24) is 5.32 Å². The molecule has 2 aliphatic rings. The predicted molar refractivity (Wildman–Crippen MR) is 42.4 cm³/mol. The number of hydrogen-bond acceptors (Lipinski definition) is 2. The first-order valence-electron chi connectivity index (χ1n) is 3.87. The van der Waals surface area contributed by atoms with Gasteiger partial charge in [-0.25, -0.2) is 0 Å². The van der Waals surface area contributed by atoms with Crippen LogP contribution in [0.5, 0.6) is 0 Å². The maximum absolute atomic E-state index is 4.44. The van der Waals surface area contributed by atoms with Gasteiger partial charge in [-0.3, -0.25) is 4.99 Å². The van der Waals surface area contributed by atoms with E-state index in [4.69, 9.17) is 0 Å². The van der Waals surface area contributed by atoms with E-state index in [0.29, 0.717) is 5.92 Å². The molecule has 0 amide bonds. The highest BCUT2D eigenvalue weighted by atomic mass is 14.9. The largest absolute Gasteiger partial charge is 0.315 e. The molecule has 0 spiro atoms. The van der Waals surface area contributed by atoms with Gasteiger partial charge in [-0.15, -0.1) is 0 Å². The van der Waals surface area contributed by atoms with Gasteiger partial charge in [0.15, 0.2) is 0 Å². The van der Waals surface area contributed by atoms with Gasteiger partial charge < -0.3 is 5.32 Å². The molecule has 0 radical (unpaired) electrons. The zero-order chi connectivity index (χ0) is 6.81. The standard InChI is InChI=1S/C8H12N2/c1-2-7-6-9-5-3-8(7)10-4-1/h1-2,7,9H,3-6H2. The molecule has 0 aromatic rings. The first-order valence-corrected chi connectivity index (χ1v) is 3.87. The molecule has 0 aromatic heterocycles. The predicted octanol–water partition coefficient (Wildman–Crippen LogP) is 0.607. The molecule has 0 saturated carbocycles. The Morgan fingerprint density at radius 1 is 1.60 bits per heavy atom. The first-order chi connectivity index (χ1) is 4.97. The van der Waals surface area contributed by atoms with Crippen LogP contribution in [0.4, 0.5) is 0 Å². The fourth-order valence-corrected chi connectivity index (χ4v) is 1.55. The minimum Gasteiger partial charge on any atom is -0.315 e. The highest BCUT2D eigenvalue weighted by Gasteiger charge is 2.18. The SMILES string of the molecule is C1=CC2CNCCC2=NC1. The Bertz CT molecular complexity index is 182. The van der Waals surface area contributed by atoms with Gasteiger partial charge in [-0.2, -0.15) is 0 Å². The topological polar surface area (TPSA) is 24.4 Å². The highest BCUT2D eigenvalue weighted by molar-refractivity contribution is 5.90. The average Bonchev–Trinajstić information content (AvgIpc) is 2.05. The molecule has 10 heavy (non-hydrogen) atoms. The van der Waals surface area contributed by atoms with Crippen molar-refractivity contribution in [3.8, 4) is 0 Å². The van der Waals surface area contributed by atoms with Crippen LogP contribution in [0.15, 0.2) is 17.1 Å². The van der Waals surface area contributed by atoms with Crippen LogP contribution in [0.2, 0.25) is 0 Å². The summed E-state index contributed by atoms with van der Waals surface area (Å²) in [6.07, 6.45) is 5.57. The molecule has 2 rings (SSSR count). The summed E-state index contributed by atoms with van der Waals surface area (Å²) in [5.74, 6) is 0.613. The summed E-state index contributed by atoms with van der Waals surface area (Å²) in [4.78, 5) is 4.44. The van der Waals surface area contributed by atoms with Gasteiger partial charge in [0.1, 0.15) is 0 Å². The number of hydrogen-bond donors (Lipinski definition) is 1. The van der Waals surface area contributed by atoms with E-state index in [1.807, 2.05) is 0 Å². The number of dihydropyridines is 1. The Hall–Kier alpha value is -0.630. The fourth-order valence-electron chi connectivity index (χ4n) is 1.55. The van der Waals surface area contributed by atoms with Crippen molar-refractivity contribution >= 4 is 5.71 Å². The molecular formula is C8H12N2. The zero-order valence-electron chi connectivity index (χ0n) is 6.01. The molecule has 0 aromatic carbocycles. The highest BCUT2D eigenvalue weighted by Crippen LogP contribution is 2.12. The molecular weight excluding hydrogens is 124 g/mol. The lowest BCUT2D eigenvalue weighted by Gasteiger charge is -2.24. The normalized spacial score (nSPS) is 31.2. The second-order valence-electron chi connectivity index (χ2n) is 2.82. The summed E-state index contributed by atoms with van der Waals surface area (Å²) < 4.78 is 0. The maximum atomic E-state index is 4.44. The molecule has 1 N–H and O–H groups in total. The monoisotopic (exact) mass is 136 g/mol. The van der Waals surface area contributed by atoms with Gasteiger partial charge in [0.05, 0.1) is 6.54 Å². The average molecular weight is 136 g/mol. The van der Waals surface area contributed by atoms with E-state index < -0.39 is 0 Å². The molecule has 0 aliphatic carbocycles. The summed E-state index contributed by atoms with van der Waals surface area (Å²) in [5, 5.41) is 3.35. The van der Waals surface area contributed by atoms with Crippen LogP contribution in [0.25, 0.3) is 0 Å². The number of aliphatic imine (C=N–C) groups is 1. The Labute approximate surface area is 61.0 Å². The number of nitrogens with zero attached hydrogens (tertiary/aromatic N) is 1. The van der Waals surface area contributed by atoms with Crippen LogP contribution in [-0.4, -0.2) is 25.3 Å². The number of rotatable bonds is 0. The van der Waals surface area contributed by atoms with Gasteiger partial charge in [0.2, 0.25) is 0 Å². The third-order valence-electron chi connectivity index (χ3n) is 2.12. The van der Waals surface area contributed by atoms with Gasteiger partial charge >= 0.3 is 0 Å². The van der Waals surface area contributed by atoms with Crippen molar-refractivity contribution in [3.05, 3.63) is 12.2 Å². The molecule has 2 nitrogen and oxygen atoms in total. The van der Waals surface area contributed by atoms with Crippen molar-refractivity contribution in [2.75, 3.05) is 19.6 Å². The van der Waals surface area contributed by atoms with Crippen molar-refractivity contribution in [2.45, 2.75) is 6.42 Å². The van der Waals surface area contributed by atoms with Crippen molar-refractivity contribution in [1.29, 1.82) is 0 Å². The quantitative estimate of drug-likeness (QED) is 0.485. The van der Waals surface area contributed by atoms with Crippen LogP contribution < -0.4 is 5.32 Å². The van der Waals surface area contributed by atoms with Crippen molar-refractivity contribution in [2.24, 2.45) is 10.9 Å². The fraction of sp³-hybridized carbons (Fsp3) is 0.625. The second kappa shape index (κ2) is 2.54. The molecule has 0 bridgehead atoms. The smallest absolute Gasteiger partial charge is 0.0570 e. The maximum Gasteiger partial charge on any atom is 0.0570 e. The molecule has 1 saturated heterocycles. The summed E-state index contributed by atoms with van der Waals surface area (Å²) >= 11 is 0. The Kier molecular flexibility index (Phi) is 1.55. The Balaban J connectivity index is 2.13. The van der Waals surface area contributed by atoms with Crippen LogP contribution in [0.3, 0.4) is 0 Å². The van der Waals surface area contributed by atoms with E-state index in [9.17, 15) is 0 Å². The summed E-state index contributed by atoms with van der Waals surface area (Å²) in [7, 11) is 0. The van der Waals surface area contributed by atoms with Crippen LogP contribution in [0.1, 0.15) is 6.42 Å². The van der Waals surface area contributed by atoms with Gasteiger partial charge in [0.25, 0.3) is 0 Å². The van der Waals surface area contributed by atoms with E-state index >= 15 is 0 Å².